The molecule has 0 N–H and O–H groups in total. The number of para-hydroxylation sites is 1. The maximum Gasteiger partial charge on any atom is 0.313 e. The summed E-state index contributed by atoms with van der Waals surface area (Å²) in [5.74, 6) is -1.42. The smallest absolute Gasteiger partial charge is 0.313 e. The van der Waals surface area contributed by atoms with E-state index in [4.69, 9.17) is 4.74 Å². The third-order valence-electron chi connectivity index (χ3n) is 4.01. The minimum absolute atomic E-state index is 0.102. The summed E-state index contributed by atoms with van der Waals surface area (Å²) in [4.78, 5) is 36.9. The second-order valence-corrected chi connectivity index (χ2v) is 5.39. The lowest BCUT2D eigenvalue weighted by Crippen LogP contribution is -2.40. The number of nitro benzene ring substituents is 1. The highest BCUT2D eigenvalue weighted by Gasteiger charge is 2.37. The maximum atomic E-state index is 12.6. The van der Waals surface area contributed by atoms with E-state index >= 15 is 0 Å². The predicted molar refractivity (Wildman–Crippen MR) is 86.7 cm³/mol. The molecule has 24 heavy (non-hydrogen) atoms. The second-order valence-electron chi connectivity index (χ2n) is 5.39. The largest absolute Gasteiger partial charge is 0.490 e. The van der Waals surface area contributed by atoms with Crippen molar-refractivity contribution < 1.29 is 19.2 Å². The molecule has 0 aromatic heterocycles. The molecule has 1 unspecified atom stereocenters. The van der Waals surface area contributed by atoms with Gasteiger partial charge in [-0.25, -0.2) is 0 Å². The lowest BCUT2D eigenvalue weighted by molar-refractivity contribution is -0.385. The molecule has 2 aromatic carbocycles. The number of hydrogen-bond acceptors (Lipinski definition) is 5. The van der Waals surface area contributed by atoms with Gasteiger partial charge in [0.1, 0.15) is 0 Å². The predicted octanol–water partition coefficient (Wildman–Crippen LogP) is 3.10. The van der Waals surface area contributed by atoms with E-state index in [9.17, 15) is 19.7 Å². The summed E-state index contributed by atoms with van der Waals surface area (Å²) in [6.45, 7) is 1.53. The molecule has 1 amide bonds. The molecule has 122 valence electrons. The van der Waals surface area contributed by atoms with Gasteiger partial charge < -0.3 is 4.74 Å². The highest BCUT2D eigenvalue weighted by Crippen LogP contribution is 2.39. The van der Waals surface area contributed by atoms with Gasteiger partial charge in [-0.05, 0) is 31.2 Å². The van der Waals surface area contributed by atoms with Gasteiger partial charge in [0.25, 0.3) is 0 Å². The Morgan fingerprint density at radius 2 is 1.88 bits per heavy atom. The fourth-order valence-corrected chi connectivity index (χ4v) is 2.76. The van der Waals surface area contributed by atoms with Crippen LogP contribution in [0.4, 0.5) is 17.1 Å². The van der Waals surface area contributed by atoms with Gasteiger partial charge in [-0.3, -0.25) is 24.6 Å². The van der Waals surface area contributed by atoms with Gasteiger partial charge in [-0.2, -0.15) is 0 Å². The van der Waals surface area contributed by atoms with Crippen LogP contribution in [0.3, 0.4) is 0 Å². The van der Waals surface area contributed by atoms with Crippen molar-refractivity contribution in [1.82, 2.24) is 0 Å². The molecule has 7 heteroatoms. The van der Waals surface area contributed by atoms with Crippen molar-refractivity contribution in [2.24, 2.45) is 5.92 Å². The van der Waals surface area contributed by atoms with Crippen molar-refractivity contribution in [2.75, 3.05) is 12.0 Å². The Morgan fingerprint density at radius 3 is 2.54 bits per heavy atom. The van der Waals surface area contributed by atoms with Gasteiger partial charge in [0.2, 0.25) is 5.91 Å². The Balaban J connectivity index is 2.20. The van der Waals surface area contributed by atoms with Gasteiger partial charge >= 0.3 is 5.69 Å². The van der Waals surface area contributed by atoms with E-state index in [1.807, 2.05) is 0 Å². The number of anilines is 2. The molecule has 0 spiro atoms. The molecule has 1 atom stereocenters. The molecule has 3 rings (SSSR count). The number of fused-ring (bicyclic) bond motifs is 1. The number of carbonyl (C=O) groups is 2. The number of ketones is 1. The van der Waals surface area contributed by atoms with Crippen molar-refractivity contribution in [2.45, 2.75) is 6.92 Å². The van der Waals surface area contributed by atoms with E-state index in [2.05, 4.69) is 0 Å². The summed E-state index contributed by atoms with van der Waals surface area (Å²) in [7, 11) is 1.34. The Kier molecular flexibility index (Phi) is 3.76. The first-order chi connectivity index (χ1) is 11.5. The van der Waals surface area contributed by atoms with Gasteiger partial charge in [-0.1, -0.05) is 12.1 Å². The summed E-state index contributed by atoms with van der Waals surface area (Å²) in [6.07, 6.45) is 0. The fraction of sp³-hybridized carbons (Fsp3) is 0.176. The van der Waals surface area contributed by atoms with Crippen LogP contribution >= 0.6 is 0 Å². The number of Topliss-reactive ketones (excluding diaryl/α,β-unsaturated/α-hetero) is 1. The molecule has 0 fully saturated rings. The van der Waals surface area contributed by atoms with E-state index < -0.39 is 16.7 Å². The molecule has 0 bridgehead atoms. The molecule has 1 heterocycles. The molecule has 7 nitrogen and oxygen atoms in total. The van der Waals surface area contributed by atoms with Crippen LogP contribution in [0.5, 0.6) is 5.75 Å². The number of amides is 1. The van der Waals surface area contributed by atoms with E-state index in [-0.39, 0.29) is 17.2 Å². The molecular formula is C17H14N2O5. The van der Waals surface area contributed by atoms with Crippen LogP contribution in [0.1, 0.15) is 17.3 Å². The van der Waals surface area contributed by atoms with E-state index in [0.717, 1.165) is 0 Å². The first kappa shape index (κ1) is 15.7. The highest BCUT2D eigenvalue weighted by molar-refractivity contribution is 6.23. The third kappa shape index (κ3) is 2.30. The molecule has 0 saturated carbocycles. The van der Waals surface area contributed by atoms with Gasteiger partial charge in [-0.15, -0.1) is 0 Å². The van der Waals surface area contributed by atoms with Crippen molar-refractivity contribution in [3.63, 3.8) is 0 Å². The standard InChI is InChI=1S/C17H14N2O5/c1-10-16(20)12-5-3-4-6-13(12)18(17(10)21)11-7-8-15(24-2)14(9-11)19(22)23/h3-10H,1-2H3. The maximum absolute atomic E-state index is 12.6. The van der Waals surface area contributed by atoms with Crippen LogP contribution in [-0.4, -0.2) is 23.7 Å². The topological polar surface area (TPSA) is 89.8 Å². The highest BCUT2D eigenvalue weighted by atomic mass is 16.6. The van der Waals surface area contributed by atoms with Crippen LogP contribution in [0.2, 0.25) is 0 Å². The lowest BCUT2D eigenvalue weighted by Gasteiger charge is -2.31. The molecule has 1 aliphatic heterocycles. The molecule has 0 aliphatic carbocycles. The number of benzene rings is 2. The minimum Gasteiger partial charge on any atom is -0.490 e. The van der Waals surface area contributed by atoms with E-state index in [1.54, 1.807) is 30.3 Å². The fourth-order valence-electron chi connectivity index (χ4n) is 2.76. The summed E-state index contributed by atoms with van der Waals surface area (Å²) < 4.78 is 4.98. The van der Waals surface area contributed by atoms with Crippen molar-refractivity contribution in [3.8, 4) is 5.75 Å². The molecule has 2 aromatic rings. The number of ether oxygens (including phenoxy) is 1. The number of nitrogens with zero attached hydrogens (tertiary/aromatic N) is 2. The normalized spacial score (nSPS) is 16.8. The monoisotopic (exact) mass is 326 g/mol. The van der Waals surface area contributed by atoms with Gasteiger partial charge in [0.05, 0.1) is 29.3 Å². The average Bonchev–Trinajstić information content (AvgIpc) is 2.60. The number of carbonyl (C=O) groups excluding carboxylic acids is 2. The molecule has 0 radical (unpaired) electrons. The van der Waals surface area contributed by atoms with Crippen LogP contribution in [0, 0.1) is 16.0 Å². The lowest BCUT2D eigenvalue weighted by atomic mass is 9.91. The van der Waals surface area contributed by atoms with E-state index in [0.29, 0.717) is 16.9 Å². The van der Waals surface area contributed by atoms with Crippen LogP contribution in [-0.2, 0) is 4.79 Å². The number of rotatable bonds is 3. The van der Waals surface area contributed by atoms with Gasteiger partial charge in [0, 0.05) is 11.6 Å². The van der Waals surface area contributed by atoms with Crippen LogP contribution in [0.15, 0.2) is 42.5 Å². The van der Waals surface area contributed by atoms with E-state index in [1.165, 1.54) is 31.1 Å². The van der Waals surface area contributed by atoms with Crippen molar-refractivity contribution >= 4 is 28.8 Å². The molecule has 0 saturated heterocycles. The Hall–Kier alpha value is -3.22. The molecular weight excluding hydrogens is 312 g/mol. The van der Waals surface area contributed by atoms with Crippen molar-refractivity contribution in [3.05, 3.63) is 58.1 Å². The summed E-state index contributed by atoms with van der Waals surface area (Å²) >= 11 is 0. The average molecular weight is 326 g/mol. The zero-order chi connectivity index (χ0) is 17.4. The zero-order valence-electron chi connectivity index (χ0n) is 13.1. The van der Waals surface area contributed by atoms with Crippen LogP contribution < -0.4 is 9.64 Å². The SMILES string of the molecule is COc1ccc(N2C(=O)C(C)C(=O)c3ccccc32)cc1[N+](=O)[O-]. The summed E-state index contributed by atoms with van der Waals surface area (Å²) in [6, 6.07) is 11.0. The minimum atomic E-state index is -0.846. The Bertz CT molecular complexity index is 862. The Labute approximate surface area is 137 Å². The third-order valence-corrected chi connectivity index (χ3v) is 4.01. The quantitative estimate of drug-likeness (QED) is 0.491. The first-order valence-electron chi connectivity index (χ1n) is 7.25. The van der Waals surface area contributed by atoms with Crippen LogP contribution in [0.25, 0.3) is 0 Å². The molecule has 1 aliphatic rings. The first-order valence-corrected chi connectivity index (χ1v) is 7.25. The van der Waals surface area contributed by atoms with Gasteiger partial charge in [0.15, 0.2) is 11.5 Å². The number of nitro groups is 1. The summed E-state index contributed by atoms with van der Waals surface area (Å²) in [5, 5.41) is 11.2. The number of hydrogen-bond donors (Lipinski definition) is 0. The van der Waals surface area contributed by atoms with Crippen molar-refractivity contribution in [1.29, 1.82) is 0 Å². The zero-order valence-corrected chi connectivity index (χ0v) is 13.1. The second kappa shape index (κ2) is 5.77. The number of methoxy groups -OCH3 is 1. The Morgan fingerprint density at radius 1 is 1.17 bits per heavy atom. The summed E-state index contributed by atoms with van der Waals surface area (Å²) in [5.41, 5.74) is 0.914.